The zero-order chi connectivity index (χ0) is 14.0. The molecule has 1 aromatic carbocycles. The Hall–Kier alpha value is -1.94. The van der Waals surface area contributed by atoms with Gasteiger partial charge in [0.1, 0.15) is 5.82 Å². The molecule has 19 heavy (non-hydrogen) atoms. The van der Waals surface area contributed by atoms with E-state index in [4.69, 9.17) is 5.73 Å². The van der Waals surface area contributed by atoms with E-state index < -0.39 is 0 Å². The molecule has 1 aromatic heterocycles. The molecule has 0 aliphatic rings. The van der Waals surface area contributed by atoms with E-state index in [0.29, 0.717) is 17.1 Å². The quantitative estimate of drug-likeness (QED) is 0.886. The van der Waals surface area contributed by atoms with Gasteiger partial charge in [0.15, 0.2) is 0 Å². The summed E-state index contributed by atoms with van der Waals surface area (Å²) < 4.78 is 0. The topological polar surface area (TPSA) is 71.8 Å². The van der Waals surface area contributed by atoms with Crippen LogP contribution in [0.4, 0.5) is 0 Å². The maximum atomic E-state index is 12.0. The number of nitrogens with one attached hydrogen (secondary N) is 1. The Bertz CT molecular complexity index is 617. The molecule has 0 bridgehead atoms. The first kappa shape index (κ1) is 13.5. The fourth-order valence-corrected chi connectivity index (χ4v) is 1.90. The van der Waals surface area contributed by atoms with Crippen molar-refractivity contribution in [3.05, 3.63) is 52.1 Å². The SMILES string of the molecule is Cc1c(-c2ccccc2)nc(C(N)C(C)C)[nH]c1=O. The first-order valence-electron chi connectivity index (χ1n) is 6.42. The smallest absolute Gasteiger partial charge is 0.254 e. The van der Waals surface area contributed by atoms with Crippen LogP contribution in [-0.4, -0.2) is 9.97 Å². The van der Waals surface area contributed by atoms with Crippen LogP contribution in [0.3, 0.4) is 0 Å². The molecular weight excluding hydrogens is 238 g/mol. The number of nitrogens with two attached hydrogens (primary N) is 1. The molecule has 0 aliphatic carbocycles. The van der Waals surface area contributed by atoms with Gasteiger partial charge in [-0.05, 0) is 12.8 Å². The molecule has 100 valence electrons. The molecule has 0 fully saturated rings. The molecule has 0 radical (unpaired) electrons. The van der Waals surface area contributed by atoms with Crippen LogP contribution in [-0.2, 0) is 0 Å². The summed E-state index contributed by atoms with van der Waals surface area (Å²) in [6.07, 6.45) is 0. The second kappa shape index (κ2) is 5.36. The molecule has 2 aromatic rings. The zero-order valence-electron chi connectivity index (χ0n) is 11.5. The average Bonchev–Trinajstić information content (AvgIpc) is 2.41. The molecule has 1 heterocycles. The van der Waals surface area contributed by atoms with Crippen molar-refractivity contribution >= 4 is 0 Å². The van der Waals surface area contributed by atoms with E-state index in [9.17, 15) is 4.79 Å². The van der Waals surface area contributed by atoms with E-state index in [1.54, 1.807) is 6.92 Å². The lowest BCUT2D eigenvalue weighted by molar-refractivity contribution is 0.489. The third kappa shape index (κ3) is 2.74. The highest BCUT2D eigenvalue weighted by Crippen LogP contribution is 2.21. The number of aromatic nitrogens is 2. The normalized spacial score (nSPS) is 12.7. The first-order valence-corrected chi connectivity index (χ1v) is 6.42. The fraction of sp³-hybridized carbons (Fsp3) is 0.333. The summed E-state index contributed by atoms with van der Waals surface area (Å²) in [5, 5.41) is 0. The van der Waals surface area contributed by atoms with Crippen molar-refractivity contribution in [3.63, 3.8) is 0 Å². The van der Waals surface area contributed by atoms with Crippen molar-refractivity contribution in [1.29, 1.82) is 0 Å². The Morgan fingerprint density at radius 1 is 1.21 bits per heavy atom. The van der Waals surface area contributed by atoms with Gasteiger partial charge in [-0.15, -0.1) is 0 Å². The van der Waals surface area contributed by atoms with Gasteiger partial charge in [-0.3, -0.25) is 4.79 Å². The third-order valence-electron chi connectivity index (χ3n) is 3.25. The Labute approximate surface area is 112 Å². The first-order chi connectivity index (χ1) is 9.00. The molecule has 0 aliphatic heterocycles. The van der Waals surface area contributed by atoms with Crippen molar-refractivity contribution < 1.29 is 0 Å². The van der Waals surface area contributed by atoms with Crippen molar-refractivity contribution in [2.45, 2.75) is 26.8 Å². The van der Waals surface area contributed by atoms with E-state index >= 15 is 0 Å². The van der Waals surface area contributed by atoms with Gasteiger partial charge in [-0.25, -0.2) is 4.98 Å². The van der Waals surface area contributed by atoms with Gasteiger partial charge in [0.2, 0.25) is 0 Å². The highest BCUT2D eigenvalue weighted by Gasteiger charge is 2.16. The summed E-state index contributed by atoms with van der Waals surface area (Å²) in [6, 6.07) is 9.42. The molecule has 1 unspecified atom stereocenters. The van der Waals surface area contributed by atoms with Gasteiger partial charge in [-0.1, -0.05) is 44.2 Å². The minimum atomic E-state index is -0.268. The monoisotopic (exact) mass is 257 g/mol. The number of rotatable bonds is 3. The van der Waals surface area contributed by atoms with Crippen LogP contribution in [0.15, 0.2) is 35.1 Å². The van der Waals surface area contributed by atoms with Crippen LogP contribution >= 0.6 is 0 Å². The van der Waals surface area contributed by atoms with E-state index in [0.717, 1.165) is 5.56 Å². The molecular formula is C15H19N3O. The lowest BCUT2D eigenvalue weighted by Crippen LogP contribution is -2.25. The van der Waals surface area contributed by atoms with E-state index in [2.05, 4.69) is 9.97 Å². The summed E-state index contributed by atoms with van der Waals surface area (Å²) in [5.41, 5.74) is 8.20. The highest BCUT2D eigenvalue weighted by atomic mass is 16.1. The third-order valence-corrected chi connectivity index (χ3v) is 3.25. The van der Waals surface area contributed by atoms with Crippen molar-refractivity contribution in [2.24, 2.45) is 11.7 Å². The molecule has 3 N–H and O–H groups in total. The molecule has 0 saturated heterocycles. The van der Waals surface area contributed by atoms with E-state index in [1.807, 2.05) is 44.2 Å². The van der Waals surface area contributed by atoms with Gasteiger partial charge < -0.3 is 10.7 Å². The lowest BCUT2D eigenvalue weighted by atomic mass is 10.0. The zero-order valence-corrected chi connectivity index (χ0v) is 11.5. The standard InChI is InChI=1S/C15H19N3O/c1-9(2)12(16)14-17-13(10(3)15(19)18-14)11-7-5-4-6-8-11/h4-9,12H,16H2,1-3H3,(H,17,18,19). The number of aromatic amines is 1. The van der Waals surface area contributed by atoms with Crippen molar-refractivity contribution in [1.82, 2.24) is 9.97 Å². The molecule has 0 spiro atoms. The number of H-pyrrole nitrogens is 1. The van der Waals surface area contributed by atoms with Crippen molar-refractivity contribution in [2.75, 3.05) is 0 Å². The average molecular weight is 257 g/mol. The Morgan fingerprint density at radius 3 is 2.42 bits per heavy atom. The number of hydrogen-bond donors (Lipinski definition) is 2. The number of nitrogens with zero attached hydrogens (tertiary/aromatic N) is 1. The summed E-state index contributed by atoms with van der Waals surface area (Å²) in [4.78, 5) is 19.3. The molecule has 2 rings (SSSR count). The summed E-state index contributed by atoms with van der Waals surface area (Å²) in [5.74, 6) is 0.763. The molecule has 0 amide bonds. The summed E-state index contributed by atoms with van der Waals surface area (Å²) >= 11 is 0. The Balaban J connectivity index is 2.59. The summed E-state index contributed by atoms with van der Waals surface area (Å²) in [7, 11) is 0. The predicted octanol–water partition coefficient (Wildman–Crippen LogP) is 2.40. The Morgan fingerprint density at radius 2 is 1.84 bits per heavy atom. The minimum absolute atomic E-state index is 0.125. The van der Waals surface area contributed by atoms with Crippen LogP contribution in [0.2, 0.25) is 0 Å². The van der Waals surface area contributed by atoms with Crippen LogP contribution in [0.25, 0.3) is 11.3 Å². The van der Waals surface area contributed by atoms with Gasteiger partial charge in [0.25, 0.3) is 5.56 Å². The van der Waals surface area contributed by atoms with Gasteiger partial charge >= 0.3 is 0 Å². The maximum Gasteiger partial charge on any atom is 0.254 e. The van der Waals surface area contributed by atoms with E-state index in [1.165, 1.54) is 0 Å². The van der Waals surface area contributed by atoms with Gasteiger partial charge in [0.05, 0.1) is 11.7 Å². The summed E-state index contributed by atoms with van der Waals surface area (Å²) in [6.45, 7) is 5.79. The van der Waals surface area contributed by atoms with Crippen molar-refractivity contribution in [3.8, 4) is 11.3 Å². The maximum absolute atomic E-state index is 12.0. The van der Waals surface area contributed by atoms with Crippen LogP contribution in [0.5, 0.6) is 0 Å². The number of hydrogen-bond acceptors (Lipinski definition) is 3. The molecule has 0 saturated carbocycles. The second-order valence-corrected chi connectivity index (χ2v) is 5.06. The van der Waals surface area contributed by atoms with Crippen LogP contribution in [0.1, 0.15) is 31.3 Å². The fourth-order valence-electron chi connectivity index (χ4n) is 1.90. The van der Waals surface area contributed by atoms with Gasteiger partial charge in [0, 0.05) is 11.1 Å². The molecule has 4 nitrogen and oxygen atoms in total. The van der Waals surface area contributed by atoms with E-state index in [-0.39, 0.29) is 17.5 Å². The Kier molecular flexibility index (Phi) is 3.81. The predicted molar refractivity (Wildman–Crippen MR) is 76.8 cm³/mol. The van der Waals surface area contributed by atoms with Crippen LogP contribution < -0.4 is 11.3 Å². The molecule has 1 atom stereocenters. The minimum Gasteiger partial charge on any atom is -0.321 e. The largest absolute Gasteiger partial charge is 0.321 e. The number of benzene rings is 1. The highest BCUT2D eigenvalue weighted by molar-refractivity contribution is 5.62. The second-order valence-electron chi connectivity index (χ2n) is 5.06. The van der Waals surface area contributed by atoms with Crippen LogP contribution in [0, 0.1) is 12.8 Å². The molecule has 4 heteroatoms. The lowest BCUT2D eigenvalue weighted by Gasteiger charge is -2.16. The van der Waals surface area contributed by atoms with Gasteiger partial charge in [-0.2, -0.15) is 0 Å².